The van der Waals surface area contributed by atoms with Crippen LogP contribution >= 0.6 is 15.9 Å². The van der Waals surface area contributed by atoms with Gasteiger partial charge >= 0.3 is 0 Å². The molecule has 0 spiro atoms. The predicted octanol–water partition coefficient (Wildman–Crippen LogP) is 3.13. The molecule has 2 atom stereocenters. The first-order valence-electron chi connectivity index (χ1n) is 11.2. The van der Waals surface area contributed by atoms with Crippen molar-refractivity contribution in [2.24, 2.45) is 5.73 Å². The summed E-state index contributed by atoms with van der Waals surface area (Å²) in [6.07, 6.45) is -0.184. The average Bonchev–Trinajstić information content (AvgIpc) is 3.37. The van der Waals surface area contributed by atoms with Crippen LogP contribution in [0.15, 0.2) is 40.9 Å². The van der Waals surface area contributed by atoms with Gasteiger partial charge in [0.2, 0.25) is 5.91 Å². The van der Waals surface area contributed by atoms with Crippen molar-refractivity contribution in [3.05, 3.63) is 58.1 Å². The molecule has 0 aliphatic carbocycles. The number of rotatable bonds is 4. The second kappa shape index (κ2) is 8.46. The van der Waals surface area contributed by atoms with Crippen LogP contribution in [0.3, 0.4) is 0 Å². The Balaban J connectivity index is 1.71. The Morgan fingerprint density at radius 3 is 2.66 bits per heavy atom. The van der Waals surface area contributed by atoms with Crippen LogP contribution < -0.4 is 10.5 Å². The fraction of sp³-hybridized carbons (Fsp3) is 0.320. The van der Waals surface area contributed by atoms with E-state index in [0.717, 1.165) is 15.6 Å². The molecule has 0 unspecified atom stereocenters. The number of halogens is 2. The van der Waals surface area contributed by atoms with Crippen LogP contribution in [0.25, 0.3) is 22.5 Å². The van der Waals surface area contributed by atoms with Gasteiger partial charge in [0.05, 0.1) is 29.1 Å². The SMILES string of the molecule is COc1cc2c(cc1Br)-c1c(-c3ccc(F)cc3)nc(C(=O)N3C[C@@H](O)C[C@]3(C)C(N)=O)n1CC2. The number of β-amino-alcohol motifs (C(OH)–C–C–N with tert-alkyl or cyclic N) is 1. The van der Waals surface area contributed by atoms with Gasteiger partial charge in [-0.05, 0) is 71.2 Å². The average molecular weight is 543 g/mol. The molecule has 0 saturated carbocycles. The summed E-state index contributed by atoms with van der Waals surface area (Å²) in [5, 5.41) is 10.3. The van der Waals surface area contributed by atoms with Crippen LogP contribution in [-0.2, 0) is 17.8 Å². The van der Waals surface area contributed by atoms with E-state index in [1.54, 1.807) is 26.2 Å². The summed E-state index contributed by atoms with van der Waals surface area (Å²) in [7, 11) is 1.60. The van der Waals surface area contributed by atoms with E-state index in [0.29, 0.717) is 35.7 Å². The number of aliphatic hydroxyl groups is 1. The molecule has 35 heavy (non-hydrogen) atoms. The third-order valence-electron chi connectivity index (χ3n) is 6.91. The molecule has 3 aromatic rings. The van der Waals surface area contributed by atoms with Gasteiger partial charge in [-0.3, -0.25) is 9.59 Å². The Labute approximate surface area is 209 Å². The molecule has 2 aliphatic heterocycles. The molecule has 1 fully saturated rings. The number of nitrogens with two attached hydrogens (primary N) is 1. The molecular formula is C25H24BrFN4O4. The number of benzene rings is 2. The van der Waals surface area contributed by atoms with Crippen molar-refractivity contribution >= 4 is 27.7 Å². The number of primary amides is 1. The van der Waals surface area contributed by atoms with Gasteiger partial charge in [-0.2, -0.15) is 0 Å². The summed E-state index contributed by atoms with van der Waals surface area (Å²) in [4.78, 5) is 32.1. The van der Waals surface area contributed by atoms with E-state index >= 15 is 0 Å². The fourth-order valence-electron chi connectivity index (χ4n) is 5.03. The van der Waals surface area contributed by atoms with E-state index in [2.05, 4.69) is 15.9 Å². The standard InChI is InChI=1S/C25H24BrFN4O4/c1-25(24(28)34)11-16(32)12-31(25)23(33)22-29-20(13-3-5-15(27)6-4-13)21-17-10-18(26)19(35-2)9-14(17)7-8-30(21)22/h3-6,9-10,16,32H,7-8,11-12H2,1-2H3,(H2,28,34)/t16-,25+/m0/s1. The number of likely N-dealkylation sites (tertiary alicyclic amines) is 1. The van der Waals surface area contributed by atoms with Gasteiger partial charge in [-0.15, -0.1) is 0 Å². The lowest BCUT2D eigenvalue weighted by Crippen LogP contribution is -2.54. The number of aliphatic hydroxyl groups excluding tert-OH is 1. The maximum atomic E-state index is 13.8. The third-order valence-corrected chi connectivity index (χ3v) is 7.53. The molecular weight excluding hydrogens is 519 g/mol. The van der Waals surface area contributed by atoms with Crippen molar-refractivity contribution in [3.8, 4) is 28.3 Å². The van der Waals surface area contributed by atoms with E-state index in [1.165, 1.54) is 17.0 Å². The van der Waals surface area contributed by atoms with E-state index in [-0.39, 0.29) is 24.6 Å². The summed E-state index contributed by atoms with van der Waals surface area (Å²) in [6, 6.07) is 9.80. The highest BCUT2D eigenvalue weighted by molar-refractivity contribution is 9.10. The second-order valence-corrected chi connectivity index (χ2v) is 9.95. The van der Waals surface area contributed by atoms with Crippen molar-refractivity contribution in [2.75, 3.05) is 13.7 Å². The normalized spacial score (nSPS) is 20.9. The molecule has 10 heteroatoms. The molecule has 182 valence electrons. The quantitative estimate of drug-likeness (QED) is 0.526. The first-order valence-corrected chi connectivity index (χ1v) is 12.0. The number of amides is 2. The van der Waals surface area contributed by atoms with Crippen LogP contribution in [0.4, 0.5) is 4.39 Å². The molecule has 3 N–H and O–H groups in total. The molecule has 3 heterocycles. The first-order chi connectivity index (χ1) is 16.6. The van der Waals surface area contributed by atoms with E-state index in [9.17, 15) is 19.1 Å². The van der Waals surface area contributed by atoms with Crippen LogP contribution in [0.5, 0.6) is 5.75 Å². The molecule has 1 aromatic heterocycles. The minimum absolute atomic E-state index is 0.0221. The highest BCUT2D eigenvalue weighted by atomic mass is 79.9. The molecule has 8 nitrogen and oxygen atoms in total. The topological polar surface area (TPSA) is 111 Å². The summed E-state index contributed by atoms with van der Waals surface area (Å²) < 4.78 is 21.7. The largest absolute Gasteiger partial charge is 0.496 e. The highest BCUT2D eigenvalue weighted by Crippen LogP contribution is 2.43. The van der Waals surface area contributed by atoms with Crippen LogP contribution in [0.1, 0.15) is 29.5 Å². The van der Waals surface area contributed by atoms with Crippen molar-refractivity contribution in [1.29, 1.82) is 0 Å². The second-order valence-electron chi connectivity index (χ2n) is 9.10. The van der Waals surface area contributed by atoms with Gasteiger partial charge in [-0.25, -0.2) is 9.37 Å². The smallest absolute Gasteiger partial charge is 0.290 e. The molecule has 1 saturated heterocycles. The van der Waals surface area contributed by atoms with Crippen molar-refractivity contribution < 1.29 is 23.8 Å². The number of hydrogen-bond donors (Lipinski definition) is 2. The minimum atomic E-state index is -1.33. The Morgan fingerprint density at radius 2 is 2.00 bits per heavy atom. The number of fused-ring (bicyclic) bond motifs is 3. The summed E-state index contributed by atoms with van der Waals surface area (Å²) in [5.74, 6) is -0.728. The van der Waals surface area contributed by atoms with Gasteiger partial charge in [0.25, 0.3) is 5.91 Å². The van der Waals surface area contributed by atoms with E-state index in [4.69, 9.17) is 15.5 Å². The highest BCUT2D eigenvalue weighted by Gasteiger charge is 2.49. The van der Waals surface area contributed by atoms with Crippen molar-refractivity contribution in [2.45, 2.75) is 38.0 Å². The number of ether oxygens (including phenoxy) is 1. The maximum Gasteiger partial charge on any atom is 0.290 e. The summed E-state index contributed by atoms with van der Waals surface area (Å²) >= 11 is 3.55. The predicted molar refractivity (Wildman–Crippen MR) is 130 cm³/mol. The number of carbonyl (C=O) groups is 2. The monoisotopic (exact) mass is 542 g/mol. The van der Waals surface area contributed by atoms with Crippen LogP contribution in [-0.4, -0.2) is 56.7 Å². The van der Waals surface area contributed by atoms with Gasteiger partial charge < -0.3 is 25.0 Å². The fourth-order valence-corrected chi connectivity index (χ4v) is 5.54. The summed E-state index contributed by atoms with van der Waals surface area (Å²) in [6.45, 7) is 2.00. The number of imidazole rings is 1. The lowest BCUT2D eigenvalue weighted by Gasteiger charge is -2.32. The molecule has 0 radical (unpaired) electrons. The van der Waals surface area contributed by atoms with Crippen molar-refractivity contribution in [1.82, 2.24) is 14.5 Å². The molecule has 2 amide bonds. The molecule has 2 aromatic carbocycles. The van der Waals surface area contributed by atoms with Gasteiger partial charge in [0.1, 0.15) is 17.1 Å². The minimum Gasteiger partial charge on any atom is -0.496 e. The molecule has 5 rings (SSSR count). The number of carbonyl (C=O) groups excluding carboxylic acids is 2. The van der Waals surface area contributed by atoms with Crippen molar-refractivity contribution in [3.63, 3.8) is 0 Å². The zero-order valence-electron chi connectivity index (χ0n) is 19.2. The zero-order chi connectivity index (χ0) is 25.1. The number of methoxy groups -OCH3 is 1. The first kappa shape index (κ1) is 23.5. The Morgan fingerprint density at radius 1 is 1.29 bits per heavy atom. The zero-order valence-corrected chi connectivity index (χ0v) is 20.8. The van der Waals surface area contributed by atoms with Gasteiger partial charge in [0, 0.05) is 30.6 Å². The van der Waals surface area contributed by atoms with E-state index in [1.807, 2.05) is 16.7 Å². The molecule has 2 aliphatic rings. The number of hydrogen-bond acceptors (Lipinski definition) is 5. The van der Waals surface area contributed by atoms with Gasteiger partial charge in [0.15, 0.2) is 5.82 Å². The van der Waals surface area contributed by atoms with Crippen LogP contribution in [0.2, 0.25) is 0 Å². The number of aromatic nitrogens is 2. The lowest BCUT2D eigenvalue weighted by atomic mass is 9.95. The summed E-state index contributed by atoms with van der Waals surface area (Å²) in [5.41, 5.74) is 8.08. The molecule has 0 bridgehead atoms. The Bertz CT molecular complexity index is 1360. The van der Waals surface area contributed by atoms with E-state index < -0.39 is 23.5 Å². The third kappa shape index (κ3) is 3.71. The van der Waals surface area contributed by atoms with Crippen LogP contribution in [0, 0.1) is 5.82 Å². The Hall–Kier alpha value is -3.24. The maximum absolute atomic E-state index is 13.8. The number of aryl methyl sites for hydroxylation is 1. The Kier molecular flexibility index (Phi) is 5.68. The number of nitrogens with zero attached hydrogens (tertiary/aromatic N) is 3. The lowest BCUT2D eigenvalue weighted by molar-refractivity contribution is -0.126. The van der Waals surface area contributed by atoms with Gasteiger partial charge in [-0.1, -0.05) is 0 Å².